The van der Waals surface area contributed by atoms with Crippen LogP contribution in [0.3, 0.4) is 0 Å². The van der Waals surface area contributed by atoms with Crippen molar-refractivity contribution in [3.63, 3.8) is 0 Å². The van der Waals surface area contributed by atoms with E-state index in [4.69, 9.17) is 4.74 Å². The maximum Gasteiger partial charge on any atom is 0.332 e. The van der Waals surface area contributed by atoms with Crippen molar-refractivity contribution >= 4 is 23.8 Å². The average Bonchev–Trinajstić information content (AvgIpc) is 2.55. The number of ether oxygens (including phenoxy) is 1. The molecule has 0 saturated heterocycles. The molecule has 1 aliphatic rings. The number of allylic oxidation sites excluding steroid dienone is 3. The third-order valence-corrected chi connectivity index (χ3v) is 3.08. The quantitative estimate of drug-likeness (QED) is 0.686. The lowest BCUT2D eigenvalue weighted by Crippen LogP contribution is -2.41. The molecule has 120 valence electrons. The van der Waals surface area contributed by atoms with Gasteiger partial charge in [-0.15, -0.1) is 0 Å². The summed E-state index contributed by atoms with van der Waals surface area (Å²) < 4.78 is 4.97. The van der Waals surface area contributed by atoms with Crippen molar-refractivity contribution in [2.24, 2.45) is 10.1 Å². The van der Waals surface area contributed by atoms with Gasteiger partial charge in [0.05, 0.1) is 24.2 Å². The third-order valence-electron chi connectivity index (χ3n) is 3.08. The summed E-state index contributed by atoms with van der Waals surface area (Å²) in [6, 6.07) is 9.54. The Morgan fingerprint density at radius 1 is 1.39 bits per heavy atom. The van der Waals surface area contributed by atoms with Crippen LogP contribution in [0.4, 0.5) is 5.69 Å². The largest absolute Gasteiger partial charge is 0.463 e. The van der Waals surface area contributed by atoms with Gasteiger partial charge in [0, 0.05) is 11.8 Å². The van der Waals surface area contributed by atoms with Gasteiger partial charge in [-0.3, -0.25) is 4.90 Å². The lowest BCUT2D eigenvalue weighted by Gasteiger charge is -2.29. The number of carbonyl (C=O) groups excluding carboxylic acids is 1. The van der Waals surface area contributed by atoms with Crippen molar-refractivity contribution in [3.8, 4) is 0 Å². The molecule has 6 heteroatoms. The molecular formula is C17H20N4O2. The Morgan fingerprint density at radius 3 is 2.78 bits per heavy atom. The van der Waals surface area contributed by atoms with Crippen molar-refractivity contribution < 1.29 is 9.53 Å². The monoisotopic (exact) mass is 312 g/mol. The second-order valence-electron chi connectivity index (χ2n) is 4.73. The summed E-state index contributed by atoms with van der Waals surface area (Å²) in [4.78, 5) is 18.1. The number of nitrogens with one attached hydrogen (secondary N) is 1. The smallest absolute Gasteiger partial charge is 0.332 e. The van der Waals surface area contributed by atoms with Gasteiger partial charge < -0.3 is 4.74 Å². The lowest BCUT2D eigenvalue weighted by molar-refractivity contribution is -0.137. The van der Waals surface area contributed by atoms with Crippen molar-refractivity contribution in [2.75, 3.05) is 6.61 Å². The van der Waals surface area contributed by atoms with Gasteiger partial charge in [0.25, 0.3) is 0 Å². The van der Waals surface area contributed by atoms with Crippen LogP contribution in [-0.2, 0) is 9.53 Å². The molecular weight excluding hydrogens is 292 g/mol. The summed E-state index contributed by atoms with van der Waals surface area (Å²) in [5, 5.41) is 4.10. The second kappa shape index (κ2) is 7.93. The molecule has 0 fully saturated rings. The van der Waals surface area contributed by atoms with Gasteiger partial charge in [-0.25, -0.2) is 15.2 Å². The molecule has 6 nitrogen and oxygen atoms in total. The van der Waals surface area contributed by atoms with Gasteiger partial charge in [-0.05, 0) is 32.9 Å². The summed E-state index contributed by atoms with van der Waals surface area (Å²) in [6.45, 7) is 5.83. The average molecular weight is 312 g/mol. The molecule has 0 aromatic heterocycles. The predicted molar refractivity (Wildman–Crippen MR) is 91.2 cm³/mol. The van der Waals surface area contributed by atoms with Gasteiger partial charge >= 0.3 is 5.97 Å². The normalized spacial score (nSPS) is 18.2. The van der Waals surface area contributed by atoms with Crippen LogP contribution in [0, 0.1) is 0 Å². The number of guanidine groups is 1. The fourth-order valence-electron chi connectivity index (χ4n) is 2.08. The molecule has 0 atom stereocenters. The Balaban J connectivity index is 2.39. The fourth-order valence-corrected chi connectivity index (χ4v) is 2.08. The van der Waals surface area contributed by atoms with Crippen molar-refractivity contribution in [1.29, 1.82) is 0 Å². The van der Waals surface area contributed by atoms with E-state index in [2.05, 4.69) is 15.5 Å². The number of rotatable bonds is 4. The highest BCUT2D eigenvalue weighted by Gasteiger charge is 2.21. The minimum atomic E-state index is -0.387. The topological polar surface area (TPSA) is 66.3 Å². The summed E-state index contributed by atoms with van der Waals surface area (Å²) in [5.74, 6) is 0.131. The first-order valence-corrected chi connectivity index (χ1v) is 7.40. The zero-order valence-corrected chi connectivity index (χ0v) is 13.5. The number of para-hydroxylation sites is 1. The maximum atomic E-state index is 11.7. The molecule has 2 rings (SSSR count). The molecule has 1 aromatic carbocycles. The number of benzene rings is 1. The van der Waals surface area contributed by atoms with Crippen LogP contribution in [0.2, 0.25) is 0 Å². The van der Waals surface area contributed by atoms with E-state index < -0.39 is 0 Å². The van der Waals surface area contributed by atoms with E-state index in [9.17, 15) is 4.79 Å². The molecule has 23 heavy (non-hydrogen) atoms. The van der Waals surface area contributed by atoms with Gasteiger partial charge in [0.1, 0.15) is 0 Å². The van der Waals surface area contributed by atoms with Gasteiger partial charge in [-0.2, -0.15) is 5.10 Å². The summed E-state index contributed by atoms with van der Waals surface area (Å²) in [7, 11) is 0. The van der Waals surface area contributed by atoms with E-state index in [1.807, 2.05) is 55.2 Å². The SMILES string of the molecule is C/C=C1/C=NNC(=Nc2ccccc2)N1/C(C)=C/C(=O)OCC. The first kappa shape index (κ1) is 16.5. The fraction of sp³-hybridized carbons (Fsp3) is 0.235. The summed E-state index contributed by atoms with van der Waals surface area (Å²) in [6.07, 6.45) is 5.01. The molecule has 1 heterocycles. The highest BCUT2D eigenvalue weighted by atomic mass is 16.5. The molecule has 0 spiro atoms. The first-order valence-electron chi connectivity index (χ1n) is 7.40. The Hall–Kier alpha value is -2.89. The van der Waals surface area contributed by atoms with Crippen molar-refractivity contribution in [1.82, 2.24) is 10.3 Å². The Bertz CT molecular complexity index is 675. The van der Waals surface area contributed by atoms with E-state index >= 15 is 0 Å². The zero-order valence-electron chi connectivity index (χ0n) is 13.5. The van der Waals surface area contributed by atoms with E-state index in [0.717, 1.165) is 11.4 Å². The Labute approximate surface area is 135 Å². The predicted octanol–water partition coefficient (Wildman–Crippen LogP) is 2.94. The van der Waals surface area contributed by atoms with Crippen LogP contribution in [0.5, 0.6) is 0 Å². The van der Waals surface area contributed by atoms with Crippen LogP contribution in [0.1, 0.15) is 20.8 Å². The van der Waals surface area contributed by atoms with Crippen LogP contribution >= 0.6 is 0 Å². The molecule has 0 amide bonds. The lowest BCUT2D eigenvalue weighted by atomic mass is 10.3. The van der Waals surface area contributed by atoms with E-state index in [1.165, 1.54) is 6.08 Å². The highest BCUT2D eigenvalue weighted by Crippen LogP contribution is 2.18. The van der Waals surface area contributed by atoms with E-state index in [-0.39, 0.29) is 5.97 Å². The van der Waals surface area contributed by atoms with Crippen LogP contribution < -0.4 is 5.43 Å². The van der Waals surface area contributed by atoms with Crippen LogP contribution in [0.15, 0.2) is 64.0 Å². The highest BCUT2D eigenvalue weighted by molar-refractivity contribution is 5.96. The Kier molecular flexibility index (Phi) is 5.68. The standard InChI is InChI=1S/C17H20N4O2/c1-4-15-12-18-20-17(19-14-9-7-6-8-10-14)21(15)13(3)11-16(22)23-5-2/h4,6-12H,5H2,1-3H3,(H,19,20)/b13-11+,15-4-. The van der Waals surface area contributed by atoms with Gasteiger partial charge in [0.2, 0.25) is 5.96 Å². The molecule has 0 aliphatic carbocycles. The maximum absolute atomic E-state index is 11.7. The van der Waals surface area contributed by atoms with Crippen molar-refractivity contribution in [2.45, 2.75) is 20.8 Å². The van der Waals surface area contributed by atoms with Gasteiger partial charge in [-0.1, -0.05) is 24.3 Å². The Morgan fingerprint density at radius 2 is 2.13 bits per heavy atom. The number of hydrazone groups is 1. The van der Waals surface area contributed by atoms with Crippen LogP contribution in [0.25, 0.3) is 0 Å². The van der Waals surface area contributed by atoms with Crippen LogP contribution in [-0.4, -0.2) is 29.7 Å². The summed E-state index contributed by atoms with van der Waals surface area (Å²) >= 11 is 0. The molecule has 0 radical (unpaired) electrons. The van der Waals surface area contributed by atoms with E-state index in [1.54, 1.807) is 13.1 Å². The number of hydrogen-bond donors (Lipinski definition) is 1. The van der Waals surface area contributed by atoms with E-state index in [0.29, 0.717) is 18.3 Å². The molecule has 0 bridgehead atoms. The molecule has 1 N–H and O–H groups in total. The molecule has 1 aromatic rings. The molecule has 1 aliphatic heterocycles. The van der Waals surface area contributed by atoms with Crippen molar-refractivity contribution in [3.05, 3.63) is 53.9 Å². The number of esters is 1. The number of hydrogen-bond acceptors (Lipinski definition) is 4. The summed E-state index contributed by atoms with van der Waals surface area (Å²) in [5.41, 5.74) is 5.17. The minimum absolute atomic E-state index is 0.337. The number of nitrogens with zero attached hydrogens (tertiary/aromatic N) is 3. The second-order valence-corrected chi connectivity index (χ2v) is 4.73. The minimum Gasteiger partial charge on any atom is -0.463 e. The third kappa shape index (κ3) is 4.29. The number of carbonyl (C=O) groups is 1. The number of aliphatic imine (C=N–C) groups is 1. The molecule has 0 saturated carbocycles. The zero-order chi connectivity index (χ0) is 16.7. The van der Waals surface area contributed by atoms with Gasteiger partial charge in [0.15, 0.2) is 0 Å². The molecule has 0 unspecified atom stereocenters. The first-order chi connectivity index (χ1) is 11.2.